The number of hydrogen-bond acceptors (Lipinski definition) is 2. The van der Waals surface area contributed by atoms with Crippen LogP contribution >= 0.6 is 0 Å². The highest BCUT2D eigenvalue weighted by atomic mass is 16.5. The van der Waals surface area contributed by atoms with E-state index in [4.69, 9.17) is 4.74 Å². The Bertz CT molecular complexity index is 454. The molecule has 2 atom stereocenters. The fourth-order valence-electron chi connectivity index (χ4n) is 3.05. The number of carbonyl (C=O) groups excluding carboxylic acids is 1. The molecule has 0 aliphatic heterocycles. The number of allylic oxidation sites excluding steroid dienone is 3. The molecule has 1 saturated carbocycles. The predicted octanol–water partition coefficient (Wildman–Crippen LogP) is 3.61. The maximum absolute atomic E-state index is 11.6. The molecule has 0 spiro atoms. The quantitative estimate of drug-likeness (QED) is 0.413. The second kappa shape index (κ2) is 3.34. The van der Waals surface area contributed by atoms with E-state index in [0.717, 1.165) is 12.2 Å². The van der Waals surface area contributed by atoms with Gasteiger partial charge < -0.3 is 4.74 Å². The van der Waals surface area contributed by atoms with Gasteiger partial charge in [0.15, 0.2) is 0 Å². The molecule has 2 nitrogen and oxygen atoms in total. The van der Waals surface area contributed by atoms with Gasteiger partial charge in [-0.05, 0) is 24.8 Å². The number of fused-ring (bicyclic) bond motifs is 2. The molecule has 2 heteroatoms. The third-order valence-corrected chi connectivity index (χ3v) is 4.63. The fourth-order valence-corrected chi connectivity index (χ4v) is 3.05. The Balaban J connectivity index is 2.32. The van der Waals surface area contributed by atoms with Crippen molar-refractivity contribution in [3.05, 3.63) is 36.1 Å². The predicted molar refractivity (Wildman–Crippen MR) is 68.1 cm³/mol. The first-order valence-corrected chi connectivity index (χ1v) is 5.98. The minimum Gasteiger partial charge on any atom is -0.427 e. The van der Waals surface area contributed by atoms with Gasteiger partial charge in [0.05, 0.1) is 0 Å². The van der Waals surface area contributed by atoms with Gasteiger partial charge in [-0.1, -0.05) is 39.5 Å². The molecule has 2 bridgehead atoms. The van der Waals surface area contributed by atoms with Gasteiger partial charge in [-0.3, -0.25) is 0 Å². The van der Waals surface area contributed by atoms with Crippen molar-refractivity contribution in [1.82, 2.24) is 0 Å². The van der Waals surface area contributed by atoms with E-state index in [-0.39, 0.29) is 16.8 Å². The number of carbonyl (C=O) groups is 1. The summed E-state index contributed by atoms with van der Waals surface area (Å²) in [4.78, 5) is 11.6. The molecule has 2 aliphatic rings. The molecule has 0 amide bonds. The Morgan fingerprint density at radius 2 is 2.06 bits per heavy atom. The smallest absolute Gasteiger partial charge is 0.338 e. The summed E-state index contributed by atoms with van der Waals surface area (Å²) in [5, 5.41) is 0. The average Bonchev–Trinajstić information content (AvgIpc) is 2.47. The van der Waals surface area contributed by atoms with Crippen LogP contribution in [0.4, 0.5) is 0 Å². The van der Waals surface area contributed by atoms with E-state index in [1.807, 2.05) is 0 Å². The Labute approximate surface area is 103 Å². The summed E-state index contributed by atoms with van der Waals surface area (Å²) in [6.45, 7) is 16.0. The van der Waals surface area contributed by atoms with Crippen molar-refractivity contribution in [2.24, 2.45) is 16.7 Å². The van der Waals surface area contributed by atoms with Gasteiger partial charge in [-0.2, -0.15) is 0 Å². The monoisotopic (exact) mass is 232 g/mol. The van der Waals surface area contributed by atoms with Crippen LogP contribution in [0.1, 0.15) is 34.1 Å². The van der Waals surface area contributed by atoms with Crippen LogP contribution in [0, 0.1) is 16.7 Å². The zero-order chi connectivity index (χ0) is 13.0. The summed E-state index contributed by atoms with van der Waals surface area (Å²) in [7, 11) is 0. The normalized spacial score (nSPS) is 33.5. The van der Waals surface area contributed by atoms with E-state index < -0.39 is 0 Å². The van der Waals surface area contributed by atoms with Gasteiger partial charge in [-0.25, -0.2) is 4.79 Å². The molecule has 0 heterocycles. The Morgan fingerprint density at radius 1 is 1.47 bits per heavy atom. The lowest BCUT2D eigenvalue weighted by atomic mass is 9.70. The first-order valence-electron chi connectivity index (χ1n) is 5.98. The minimum absolute atomic E-state index is 0.0781. The molecular weight excluding hydrogens is 212 g/mol. The first-order chi connectivity index (χ1) is 7.70. The molecule has 2 rings (SSSR count). The third-order valence-electron chi connectivity index (χ3n) is 4.63. The van der Waals surface area contributed by atoms with Crippen LogP contribution < -0.4 is 0 Å². The maximum atomic E-state index is 11.6. The Morgan fingerprint density at radius 3 is 2.41 bits per heavy atom. The van der Waals surface area contributed by atoms with Crippen molar-refractivity contribution in [3.63, 3.8) is 0 Å². The zero-order valence-corrected chi connectivity index (χ0v) is 11.1. The molecule has 0 aromatic heterocycles. The SMILES string of the molecule is C=C(C)C(=O)OC1=CC2C(=C)CC1(C)C2(C)C. The van der Waals surface area contributed by atoms with E-state index in [1.165, 1.54) is 5.57 Å². The van der Waals surface area contributed by atoms with Gasteiger partial charge >= 0.3 is 5.97 Å². The lowest BCUT2D eigenvalue weighted by Gasteiger charge is -2.35. The van der Waals surface area contributed by atoms with E-state index in [9.17, 15) is 4.79 Å². The molecular formula is C15H20O2. The van der Waals surface area contributed by atoms with E-state index in [2.05, 4.69) is 40.0 Å². The molecule has 0 aromatic carbocycles. The van der Waals surface area contributed by atoms with Crippen molar-refractivity contribution in [1.29, 1.82) is 0 Å². The fraction of sp³-hybridized carbons (Fsp3) is 0.533. The van der Waals surface area contributed by atoms with Gasteiger partial charge in [0, 0.05) is 16.9 Å². The second-order valence-corrected chi connectivity index (χ2v) is 6.07. The number of hydrogen-bond donors (Lipinski definition) is 0. The third kappa shape index (κ3) is 1.43. The van der Waals surface area contributed by atoms with Crippen LogP contribution in [0.3, 0.4) is 0 Å². The van der Waals surface area contributed by atoms with Crippen LogP contribution in [0.5, 0.6) is 0 Å². The maximum Gasteiger partial charge on any atom is 0.338 e. The van der Waals surface area contributed by atoms with Gasteiger partial charge in [0.25, 0.3) is 0 Å². The van der Waals surface area contributed by atoms with Crippen LogP contribution in [-0.2, 0) is 9.53 Å². The highest BCUT2D eigenvalue weighted by molar-refractivity contribution is 5.87. The van der Waals surface area contributed by atoms with Gasteiger partial charge in [-0.15, -0.1) is 0 Å². The summed E-state index contributed by atoms with van der Waals surface area (Å²) in [6.07, 6.45) is 2.96. The lowest BCUT2D eigenvalue weighted by Crippen LogP contribution is -2.31. The Hall–Kier alpha value is -1.31. The van der Waals surface area contributed by atoms with Crippen molar-refractivity contribution in [2.75, 3.05) is 0 Å². The molecule has 0 N–H and O–H groups in total. The number of rotatable bonds is 2. The van der Waals surface area contributed by atoms with Crippen LogP contribution in [-0.4, -0.2) is 5.97 Å². The van der Waals surface area contributed by atoms with Gasteiger partial charge in [0.1, 0.15) is 5.76 Å². The summed E-state index contributed by atoms with van der Waals surface area (Å²) < 4.78 is 5.48. The molecule has 0 saturated heterocycles. The van der Waals surface area contributed by atoms with Crippen molar-refractivity contribution < 1.29 is 9.53 Å². The van der Waals surface area contributed by atoms with Crippen LogP contribution in [0.15, 0.2) is 36.1 Å². The van der Waals surface area contributed by atoms with Crippen molar-refractivity contribution >= 4 is 5.97 Å². The molecule has 17 heavy (non-hydrogen) atoms. The van der Waals surface area contributed by atoms with E-state index in [0.29, 0.717) is 11.5 Å². The standard InChI is InChI=1S/C15H20O2/c1-9(2)13(16)17-12-7-11-10(3)8-15(12,6)14(11,4)5/h7,11H,1,3,8H2,2,4-6H3. The topological polar surface area (TPSA) is 26.3 Å². The minimum atomic E-state index is -0.327. The average molecular weight is 232 g/mol. The van der Waals surface area contributed by atoms with Crippen LogP contribution in [0.25, 0.3) is 0 Å². The van der Waals surface area contributed by atoms with Gasteiger partial charge in [0.2, 0.25) is 0 Å². The highest BCUT2D eigenvalue weighted by Crippen LogP contribution is 2.66. The number of esters is 1. The van der Waals surface area contributed by atoms with Crippen molar-refractivity contribution in [2.45, 2.75) is 34.1 Å². The molecule has 2 aliphatic carbocycles. The molecule has 92 valence electrons. The van der Waals surface area contributed by atoms with Crippen molar-refractivity contribution in [3.8, 4) is 0 Å². The lowest BCUT2D eigenvalue weighted by molar-refractivity contribution is -0.137. The largest absolute Gasteiger partial charge is 0.427 e. The molecule has 0 radical (unpaired) electrons. The molecule has 0 aromatic rings. The molecule has 2 unspecified atom stereocenters. The van der Waals surface area contributed by atoms with Crippen LogP contribution in [0.2, 0.25) is 0 Å². The summed E-state index contributed by atoms with van der Waals surface area (Å²) in [6, 6.07) is 0. The summed E-state index contributed by atoms with van der Waals surface area (Å²) >= 11 is 0. The molecule has 1 fully saturated rings. The van der Waals surface area contributed by atoms with E-state index in [1.54, 1.807) is 6.92 Å². The first kappa shape index (κ1) is 12.2. The summed E-state index contributed by atoms with van der Waals surface area (Å²) in [5.74, 6) is 0.791. The summed E-state index contributed by atoms with van der Waals surface area (Å²) in [5.41, 5.74) is 1.65. The number of ether oxygens (including phenoxy) is 1. The second-order valence-electron chi connectivity index (χ2n) is 6.07. The van der Waals surface area contributed by atoms with E-state index >= 15 is 0 Å². The zero-order valence-electron chi connectivity index (χ0n) is 11.1. The Kier molecular flexibility index (Phi) is 2.39. The highest BCUT2D eigenvalue weighted by Gasteiger charge is 2.60.